The molecule has 6 heteroatoms. The van der Waals surface area contributed by atoms with Crippen LogP contribution in [0.1, 0.15) is 57.1 Å². The highest BCUT2D eigenvalue weighted by molar-refractivity contribution is 7.99. The molecule has 0 fully saturated rings. The number of Topliss-reactive ketones (excluding diaryl/α,β-unsaturated/α-hetero) is 1. The summed E-state index contributed by atoms with van der Waals surface area (Å²) in [5, 5.41) is 3.98. The number of nitrogens with one attached hydrogen (secondary N) is 2. The molecule has 28 heavy (non-hydrogen) atoms. The van der Waals surface area contributed by atoms with Crippen molar-refractivity contribution in [2.45, 2.75) is 51.1 Å². The van der Waals surface area contributed by atoms with Gasteiger partial charge in [0.25, 0.3) is 5.56 Å². The Morgan fingerprint density at radius 2 is 1.93 bits per heavy atom. The SMILES string of the molecule is CCCSc1nc2c(c(=O)[nH]1)[C@H](c1ccccc1)C1=C(CC(C)(C)CC1=O)N2. The van der Waals surface area contributed by atoms with Gasteiger partial charge in [-0.25, -0.2) is 4.98 Å². The molecule has 146 valence electrons. The number of rotatable bonds is 4. The monoisotopic (exact) mass is 395 g/mol. The number of allylic oxidation sites excluding steroid dienone is 2. The number of fused-ring (bicyclic) bond motifs is 1. The van der Waals surface area contributed by atoms with Gasteiger partial charge in [0.2, 0.25) is 0 Å². The molecule has 0 amide bonds. The van der Waals surface area contributed by atoms with Gasteiger partial charge in [-0.05, 0) is 23.8 Å². The average molecular weight is 396 g/mol. The van der Waals surface area contributed by atoms with Crippen LogP contribution in [0.25, 0.3) is 0 Å². The second-order valence-electron chi connectivity index (χ2n) is 8.28. The number of H-pyrrole nitrogens is 1. The van der Waals surface area contributed by atoms with E-state index < -0.39 is 0 Å². The molecule has 1 aliphatic carbocycles. The molecule has 0 spiro atoms. The van der Waals surface area contributed by atoms with Crippen LogP contribution in [-0.2, 0) is 4.79 Å². The molecule has 1 aromatic carbocycles. The molecular weight excluding hydrogens is 370 g/mol. The maximum absolute atomic E-state index is 13.1. The van der Waals surface area contributed by atoms with Gasteiger partial charge in [0.05, 0.1) is 5.56 Å². The minimum Gasteiger partial charge on any atom is -0.343 e. The number of hydrogen-bond acceptors (Lipinski definition) is 5. The number of carbonyl (C=O) groups is 1. The second kappa shape index (κ2) is 7.24. The number of aromatic nitrogens is 2. The number of hydrogen-bond donors (Lipinski definition) is 2. The highest BCUT2D eigenvalue weighted by atomic mass is 32.2. The standard InChI is InChI=1S/C22H25N3O2S/c1-4-10-28-21-24-19-18(20(27)25-21)16(13-8-6-5-7-9-13)17-14(23-19)11-22(2,3)12-15(17)26/h5-9,16H,4,10-12H2,1-3H3,(H2,23,24,25,27)/t16-/m1/s1. The predicted octanol–water partition coefficient (Wildman–Crippen LogP) is 4.47. The van der Waals surface area contributed by atoms with E-state index in [1.165, 1.54) is 0 Å². The van der Waals surface area contributed by atoms with E-state index in [1.807, 2.05) is 30.3 Å². The summed E-state index contributed by atoms with van der Waals surface area (Å²) >= 11 is 1.54. The van der Waals surface area contributed by atoms with Crippen molar-refractivity contribution in [2.24, 2.45) is 5.41 Å². The molecule has 0 unspecified atom stereocenters. The normalized spacial score (nSPS) is 20.4. The average Bonchev–Trinajstić information content (AvgIpc) is 2.64. The summed E-state index contributed by atoms with van der Waals surface area (Å²) < 4.78 is 0. The summed E-state index contributed by atoms with van der Waals surface area (Å²) in [6.07, 6.45) is 2.26. The van der Waals surface area contributed by atoms with Crippen molar-refractivity contribution in [3.63, 3.8) is 0 Å². The molecule has 2 N–H and O–H groups in total. The number of carbonyl (C=O) groups excluding carboxylic acids is 1. The first kappa shape index (κ1) is 19.0. The molecule has 0 saturated heterocycles. The lowest BCUT2D eigenvalue weighted by molar-refractivity contribution is -0.118. The largest absolute Gasteiger partial charge is 0.343 e. The maximum Gasteiger partial charge on any atom is 0.257 e. The van der Waals surface area contributed by atoms with Crippen LogP contribution in [0.4, 0.5) is 5.82 Å². The van der Waals surface area contributed by atoms with Crippen molar-refractivity contribution >= 4 is 23.4 Å². The van der Waals surface area contributed by atoms with Gasteiger partial charge in [-0.1, -0.05) is 62.9 Å². The highest BCUT2D eigenvalue weighted by Gasteiger charge is 2.42. The molecule has 4 rings (SSSR count). The third kappa shape index (κ3) is 3.41. The number of benzene rings is 1. The Morgan fingerprint density at radius 3 is 2.64 bits per heavy atom. The van der Waals surface area contributed by atoms with Crippen molar-refractivity contribution in [3.05, 3.63) is 63.1 Å². The molecule has 1 aliphatic heterocycles. The van der Waals surface area contributed by atoms with Gasteiger partial charge in [-0.2, -0.15) is 0 Å². The zero-order valence-electron chi connectivity index (χ0n) is 16.5. The molecule has 2 aliphatic rings. The summed E-state index contributed by atoms with van der Waals surface area (Å²) in [6, 6.07) is 9.80. The highest BCUT2D eigenvalue weighted by Crippen LogP contribution is 2.47. The molecule has 2 aromatic rings. The fourth-order valence-corrected chi connectivity index (χ4v) is 4.86. The third-order valence-corrected chi connectivity index (χ3v) is 6.36. The summed E-state index contributed by atoms with van der Waals surface area (Å²) in [5.41, 5.74) is 2.84. The quantitative estimate of drug-likeness (QED) is 0.590. The number of ketones is 1. The first-order valence-corrected chi connectivity index (χ1v) is 10.7. The molecular formula is C22H25N3O2S. The fourth-order valence-electron chi connectivity index (χ4n) is 4.14. The molecule has 0 bridgehead atoms. The Hall–Kier alpha value is -2.34. The number of anilines is 1. The van der Waals surface area contributed by atoms with Crippen LogP contribution in [0, 0.1) is 5.41 Å². The Bertz CT molecular complexity index is 1010. The molecule has 0 saturated carbocycles. The van der Waals surface area contributed by atoms with Crippen molar-refractivity contribution in [2.75, 3.05) is 11.1 Å². The van der Waals surface area contributed by atoms with Crippen LogP contribution in [-0.4, -0.2) is 21.5 Å². The Labute approximate surface area is 169 Å². The van der Waals surface area contributed by atoms with Gasteiger partial charge in [0, 0.05) is 29.4 Å². The van der Waals surface area contributed by atoms with Crippen LogP contribution < -0.4 is 10.9 Å². The van der Waals surface area contributed by atoms with Crippen molar-refractivity contribution in [1.29, 1.82) is 0 Å². The van der Waals surface area contributed by atoms with E-state index in [-0.39, 0.29) is 22.7 Å². The number of aromatic amines is 1. The molecule has 5 nitrogen and oxygen atoms in total. The Balaban J connectivity index is 1.90. The lowest BCUT2D eigenvalue weighted by atomic mass is 9.69. The van der Waals surface area contributed by atoms with E-state index in [0.717, 1.165) is 35.4 Å². The van der Waals surface area contributed by atoms with E-state index in [2.05, 4.69) is 31.1 Å². The van der Waals surface area contributed by atoms with Gasteiger partial charge in [0.15, 0.2) is 10.9 Å². The van der Waals surface area contributed by atoms with Crippen molar-refractivity contribution < 1.29 is 4.79 Å². The van der Waals surface area contributed by atoms with Crippen LogP contribution in [0.3, 0.4) is 0 Å². The van der Waals surface area contributed by atoms with Crippen LogP contribution in [0.15, 0.2) is 51.6 Å². The summed E-state index contributed by atoms with van der Waals surface area (Å²) in [7, 11) is 0. The summed E-state index contributed by atoms with van der Waals surface area (Å²) in [5.74, 6) is 1.21. The predicted molar refractivity (Wildman–Crippen MR) is 113 cm³/mol. The molecule has 1 aromatic heterocycles. The maximum atomic E-state index is 13.1. The summed E-state index contributed by atoms with van der Waals surface area (Å²) in [4.78, 5) is 33.8. The Kier molecular flexibility index (Phi) is 4.91. The summed E-state index contributed by atoms with van der Waals surface area (Å²) in [6.45, 7) is 6.31. The van der Waals surface area contributed by atoms with Gasteiger partial charge in [-0.3, -0.25) is 9.59 Å². The first-order valence-electron chi connectivity index (χ1n) is 9.75. The van der Waals surface area contributed by atoms with Crippen molar-refractivity contribution in [1.82, 2.24) is 9.97 Å². The fraction of sp³-hybridized carbons (Fsp3) is 0.409. The zero-order valence-corrected chi connectivity index (χ0v) is 17.3. The van der Waals surface area contributed by atoms with Gasteiger partial charge in [-0.15, -0.1) is 0 Å². The second-order valence-corrected chi connectivity index (χ2v) is 9.37. The Morgan fingerprint density at radius 1 is 1.18 bits per heavy atom. The van der Waals surface area contributed by atoms with Gasteiger partial charge >= 0.3 is 0 Å². The van der Waals surface area contributed by atoms with Gasteiger partial charge in [0.1, 0.15) is 5.82 Å². The van der Waals surface area contributed by atoms with E-state index >= 15 is 0 Å². The molecule has 2 heterocycles. The lowest BCUT2D eigenvalue weighted by Gasteiger charge is -2.38. The van der Waals surface area contributed by atoms with Crippen LogP contribution in [0.5, 0.6) is 0 Å². The van der Waals surface area contributed by atoms with E-state index in [0.29, 0.717) is 23.0 Å². The lowest BCUT2D eigenvalue weighted by Crippen LogP contribution is -2.37. The topological polar surface area (TPSA) is 74.8 Å². The zero-order chi connectivity index (χ0) is 19.9. The van der Waals surface area contributed by atoms with E-state index in [4.69, 9.17) is 4.98 Å². The molecule has 0 radical (unpaired) electrons. The number of nitrogens with zero attached hydrogens (tertiary/aromatic N) is 1. The smallest absolute Gasteiger partial charge is 0.257 e. The van der Waals surface area contributed by atoms with E-state index in [9.17, 15) is 9.59 Å². The third-order valence-electron chi connectivity index (χ3n) is 5.28. The van der Waals surface area contributed by atoms with Crippen molar-refractivity contribution in [3.8, 4) is 0 Å². The van der Waals surface area contributed by atoms with E-state index in [1.54, 1.807) is 11.8 Å². The van der Waals surface area contributed by atoms with Gasteiger partial charge < -0.3 is 10.3 Å². The number of thioether (sulfide) groups is 1. The van der Waals surface area contributed by atoms with Crippen LogP contribution in [0.2, 0.25) is 0 Å². The molecule has 1 atom stereocenters. The minimum absolute atomic E-state index is 0.108. The first-order chi connectivity index (χ1) is 13.4. The van der Waals surface area contributed by atoms with Crippen LogP contribution >= 0.6 is 11.8 Å². The minimum atomic E-state index is -0.377.